The molecule has 2 aromatic rings. The first-order valence-corrected chi connectivity index (χ1v) is 8.75. The summed E-state index contributed by atoms with van der Waals surface area (Å²) in [5.74, 6) is 0.527. The van der Waals surface area contributed by atoms with Crippen molar-refractivity contribution in [3.05, 3.63) is 53.3 Å². The van der Waals surface area contributed by atoms with Crippen LogP contribution in [-0.2, 0) is 23.0 Å². The van der Waals surface area contributed by atoms with Crippen molar-refractivity contribution in [1.82, 2.24) is 4.98 Å². The second-order valence-electron chi connectivity index (χ2n) is 5.38. The number of hydrogen-bond donors (Lipinski definition) is 0. The molecule has 0 spiro atoms. The van der Waals surface area contributed by atoms with Crippen molar-refractivity contribution in [2.24, 2.45) is 4.99 Å². The zero-order valence-corrected chi connectivity index (χ0v) is 13.9. The Labute approximate surface area is 141 Å². The molecule has 24 heavy (non-hydrogen) atoms. The number of halogens is 2. The Hall–Kier alpha value is -2.15. The van der Waals surface area contributed by atoms with Gasteiger partial charge in [-0.25, -0.2) is 13.8 Å². The second-order valence-corrected chi connectivity index (χ2v) is 6.83. The standard InChI is InChI=1S/C17H16F2N2O2S/c1-11-14(20-7-6-15(11)23-9-16(18)19)10-24(22)17-8-12-4-2-3-5-13(12)21-17/h2-7,16H,8-10H2,1H3/t24-/m0/s1. The Balaban J connectivity index is 1.73. The van der Waals surface area contributed by atoms with Gasteiger partial charge in [0.25, 0.3) is 6.43 Å². The largest absolute Gasteiger partial charge is 0.487 e. The van der Waals surface area contributed by atoms with Crippen LogP contribution in [0.2, 0.25) is 0 Å². The first kappa shape index (κ1) is 16.7. The quantitative estimate of drug-likeness (QED) is 0.828. The van der Waals surface area contributed by atoms with Crippen molar-refractivity contribution in [3.8, 4) is 5.75 Å². The van der Waals surface area contributed by atoms with Gasteiger partial charge in [0.05, 0.1) is 27.9 Å². The number of benzene rings is 1. The third-order valence-electron chi connectivity index (χ3n) is 3.73. The van der Waals surface area contributed by atoms with Crippen molar-refractivity contribution >= 4 is 21.5 Å². The molecule has 1 aliphatic heterocycles. The van der Waals surface area contributed by atoms with E-state index in [1.165, 1.54) is 12.3 Å². The molecule has 1 atom stereocenters. The number of hydrogen-bond acceptors (Lipinski definition) is 4. The number of rotatable bonds is 5. The summed E-state index contributed by atoms with van der Waals surface area (Å²) >= 11 is 0. The van der Waals surface area contributed by atoms with Crippen LogP contribution in [-0.4, -0.2) is 27.3 Å². The molecule has 3 rings (SSSR count). The van der Waals surface area contributed by atoms with Crippen LogP contribution in [0.3, 0.4) is 0 Å². The van der Waals surface area contributed by atoms with Crippen molar-refractivity contribution in [2.45, 2.75) is 25.5 Å². The highest BCUT2D eigenvalue weighted by Crippen LogP contribution is 2.28. The minimum atomic E-state index is -2.54. The van der Waals surface area contributed by atoms with Crippen molar-refractivity contribution in [3.63, 3.8) is 0 Å². The van der Waals surface area contributed by atoms with E-state index in [4.69, 9.17) is 4.74 Å². The number of alkyl halides is 2. The molecule has 0 unspecified atom stereocenters. The first-order chi connectivity index (χ1) is 11.5. The monoisotopic (exact) mass is 350 g/mol. The maximum atomic E-state index is 12.6. The fraction of sp³-hybridized carbons (Fsp3) is 0.294. The maximum Gasteiger partial charge on any atom is 0.272 e. The summed E-state index contributed by atoms with van der Waals surface area (Å²) < 4.78 is 42.3. The van der Waals surface area contributed by atoms with Crippen LogP contribution >= 0.6 is 0 Å². The van der Waals surface area contributed by atoms with E-state index in [1.807, 2.05) is 24.3 Å². The van der Waals surface area contributed by atoms with E-state index in [1.54, 1.807) is 6.92 Å². The van der Waals surface area contributed by atoms with Gasteiger partial charge in [0, 0.05) is 18.2 Å². The highest BCUT2D eigenvalue weighted by atomic mass is 32.2. The zero-order chi connectivity index (χ0) is 17.1. The summed E-state index contributed by atoms with van der Waals surface area (Å²) in [7, 11) is -1.32. The number of aliphatic imine (C=N–C) groups is 1. The molecular weight excluding hydrogens is 334 g/mol. The van der Waals surface area contributed by atoms with Crippen molar-refractivity contribution in [1.29, 1.82) is 0 Å². The summed E-state index contributed by atoms with van der Waals surface area (Å²) in [6, 6.07) is 9.21. The highest BCUT2D eigenvalue weighted by Gasteiger charge is 2.21. The van der Waals surface area contributed by atoms with Gasteiger partial charge in [0.1, 0.15) is 17.4 Å². The van der Waals surface area contributed by atoms with Crippen LogP contribution in [0.15, 0.2) is 41.5 Å². The lowest BCUT2D eigenvalue weighted by Gasteiger charge is -2.11. The van der Waals surface area contributed by atoms with Crippen molar-refractivity contribution < 1.29 is 17.7 Å². The van der Waals surface area contributed by atoms with Gasteiger partial charge in [0.15, 0.2) is 0 Å². The molecule has 126 valence electrons. The van der Waals surface area contributed by atoms with Crippen LogP contribution < -0.4 is 4.74 Å². The summed E-state index contributed by atoms with van der Waals surface area (Å²) in [6.45, 7) is 1.06. The summed E-state index contributed by atoms with van der Waals surface area (Å²) in [5.41, 5.74) is 3.10. The first-order valence-electron chi connectivity index (χ1n) is 7.44. The second kappa shape index (κ2) is 7.17. The highest BCUT2D eigenvalue weighted by molar-refractivity contribution is 8.00. The molecule has 0 bridgehead atoms. The molecule has 7 heteroatoms. The fourth-order valence-corrected chi connectivity index (χ4v) is 3.68. The van der Waals surface area contributed by atoms with E-state index in [9.17, 15) is 13.0 Å². The summed E-state index contributed by atoms with van der Waals surface area (Å²) in [6.07, 6.45) is -0.504. The van der Waals surface area contributed by atoms with Crippen LogP contribution in [0.25, 0.3) is 0 Å². The lowest BCUT2D eigenvalue weighted by molar-refractivity contribution is 0.0815. The number of pyridine rings is 1. The molecule has 1 aromatic carbocycles. The van der Waals surface area contributed by atoms with Gasteiger partial charge < -0.3 is 4.74 Å². The van der Waals surface area contributed by atoms with Gasteiger partial charge in [-0.15, -0.1) is 0 Å². The van der Waals surface area contributed by atoms with Gasteiger partial charge in [0.2, 0.25) is 0 Å². The average Bonchev–Trinajstić information content (AvgIpc) is 2.99. The SMILES string of the molecule is Cc1c(OCC(F)F)ccnc1C[S@](=O)C1=Nc2ccccc2C1. The summed E-state index contributed by atoms with van der Waals surface area (Å²) in [4.78, 5) is 8.63. The van der Waals surface area contributed by atoms with Crippen molar-refractivity contribution in [2.75, 3.05) is 6.61 Å². The molecule has 0 saturated heterocycles. The third-order valence-corrected chi connectivity index (χ3v) is 5.03. The smallest absolute Gasteiger partial charge is 0.272 e. The predicted octanol–water partition coefficient (Wildman–Crippen LogP) is 3.57. The molecular formula is C17H16F2N2O2S. The Morgan fingerprint density at radius 3 is 2.83 bits per heavy atom. The number of aromatic nitrogens is 1. The molecule has 0 N–H and O–H groups in total. The minimum Gasteiger partial charge on any atom is -0.487 e. The van der Waals surface area contributed by atoms with Crippen LogP contribution in [0.1, 0.15) is 16.8 Å². The maximum absolute atomic E-state index is 12.6. The van der Waals surface area contributed by atoms with E-state index in [0.29, 0.717) is 28.5 Å². The molecule has 0 fully saturated rings. The van der Waals surface area contributed by atoms with Crippen LogP contribution in [0.4, 0.5) is 14.5 Å². The Bertz CT molecular complexity index is 809. The average molecular weight is 350 g/mol. The number of ether oxygens (including phenoxy) is 1. The Morgan fingerprint density at radius 2 is 2.08 bits per heavy atom. The molecule has 1 aliphatic rings. The Kier molecular flexibility index (Phi) is 4.99. The molecule has 2 heterocycles. The van der Waals surface area contributed by atoms with Crippen LogP contribution in [0.5, 0.6) is 5.75 Å². The lowest BCUT2D eigenvalue weighted by Crippen LogP contribution is -2.13. The summed E-state index contributed by atoms with van der Waals surface area (Å²) in [5, 5.41) is 0.608. The topological polar surface area (TPSA) is 51.5 Å². The molecule has 0 amide bonds. The van der Waals surface area contributed by atoms with Gasteiger partial charge in [-0.05, 0) is 24.6 Å². The Morgan fingerprint density at radius 1 is 1.29 bits per heavy atom. The van der Waals surface area contributed by atoms with Crippen LogP contribution in [0, 0.1) is 6.92 Å². The van der Waals surface area contributed by atoms with Gasteiger partial charge in [-0.3, -0.25) is 9.19 Å². The van der Waals surface area contributed by atoms with E-state index in [-0.39, 0.29) is 5.75 Å². The molecule has 0 saturated carbocycles. The molecule has 0 aliphatic carbocycles. The lowest BCUT2D eigenvalue weighted by atomic mass is 10.2. The van der Waals surface area contributed by atoms with E-state index >= 15 is 0 Å². The number of para-hydroxylation sites is 1. The van der Waals surface area contributed by atoms with Gasteiger partial charge in [-0.1, -0.05) is 18.2 Å². The molecule has 1 aromatic heterocycles. The number of nitrogens with zero attached hydrogens (tertiary/aromatic N) is 2. The van der Waals surface area contributed by atoms with Gasteiger partial charge >= 0.3 is 0 Å². The number of fused-ring (bicyclic) bond motifs is 1. The van der Waals surface area contributed by atoms with E-state index in [0.717, 1.165) is 11.3 Å². The normalized spacial score (nSPS) is 14.4. The zero-order valence-electron chi connectivity index (χ0n) is 13.0. The predicted molar refractivity (Wildman–Crippen MR) is 89.6 cm³/mol. The molecule has 0 radical (unpaired) electrons. The minimum absolute atomic E-state index is 0.185. The third kappa shape index (κ3) is 3.67. The fourth-order valence-electron chi connectivity index (χ4n) is 2.46. The van der Waals surface area contributed by atoms with E-state index < -0.39 is 23.8 Å². The van der Waals surface area contributed by atoms with E-state index in [2.05, 4.69) is 9.98 Å². The van der Waals surface area contributed by atoms with Gasteiger partial charge in [-0.2, -0.15) is 0 Å². The molecule has 4 nitrogen and oxygen atoms in total.